The Kier molecular flexibility index (Phi) is 7.11. The van der Waals surface area contributed by atoms with Crippen LogP contribution in [0.3, 0.4) is 0 Å². The van der Waals surface area contributed by atoms with Crippen molar-refractivity contribution >= 4 is 23.4 Å². The van der Waals surface area contributed by atoms with E-state index in [-0.39, 0.29) is 36.1 Å². The summed E-state index contributed by atoms with van der Waals surface area (Å²) in [6.45, 7) is 2.27. The zero-order valence-corrected chi connectivity index (χ0v) is 20.0. The summed E-state index contributed by atoms with van der Waals surface area (Å²) < 4.78 is 11.0. The van der Waals surface area contributed by atoms with Gasteiger partial charge in [0.2, 0.25) is 23.5 Å². The summed E-state index contributed by atoms with van der Waals surface area (Å²) in [6, 6.07) is 16.5. The summed E-state index contributed by atoms with van der Waals surface area (Å²) in [7, 11) is 0. The SMILES string of the molecule is O=C(Cc1cccc(Cl)c1)N[C@H]1C[C@H](C(=O)N2CCOCC2)C[C@H]1c1nc(-c2ccccc2)no1. The van der Waals surface area contributed by atoms with Gasteiger partial charge in [0.1, 0.15) is 0 Å². The van der Waals surface area contributed by atoms with Crippen molar-refractivity contribution in [3.63, 3.8) is 0 Å². The Bertz CT molecular complexity index is 1180. The lowest BCUT2D eigenvalue weighted by atomic mass is 10.0. The highest BCUT2D eigenvalue weighted by molar-refractivity contribution is 6.30. The molecular formula is C26H27ClN4O4. The third-order valence-corrected chi connectivity index (χ3v) is 6.86. The average molecular weight is 495 g/mol. The molecule has 0 spiro atoms. The molecule has 9 heteroatoms. The van der Waals surface area contributed by atoms with Gasteiger partial charge in [-0.3, -0.25) is 9.59 Å². The lowest BCUT2D eigenvalue weighted by molar-refractivity contribution is -0.139. The first-order valence-electron chi connectivity index (χ1n) is 11.9. The van der Waals surface area contributed by atoms with Crippen molar-refractivity contribution in [2.24, 2.45) is 5.92 Å². The normalized spacial score (nSPS) is 22.2. The maximum atomic E-state index is 13.2. The molecule has 1 saturated carbocycles. The third kappa shape index (κ3) is 5.55. The van der Waals surface area contributed by atoms with Crippen LogP contribution in [-0.4, -0.2) is 59.2 Å². The largest absolute Gasteiger partial charge is 0.378 e. The number of morpholine rings is 1. The number of aromatic nitrogens is 2. The van der Waals surface area contributed by atoms with E-state index in [1.165, 1.54) is 0 Å². The standard InChI is InChI=1S/C26H27ClN4O4/c27-20-8-4-5-17(13-20)14-23(32)28-22-16-19(26(33)31-9-11-34-12-10-31)15-21(22)25-29-24(30-35-25)18-6-2-1-3-7-18/h1-8,13,19,21-22H,9-12,14-16H2,(H,28,32)/t19-,21-,22+/m1/s1. The molecule has 2 heterocycles. The van der Waals surface area contributed by atoms with Crippen molar-refractivity contribution in [2.75, 3.05) is 26.3 Å². The van der Waals surface area contributed by atoms with E-state index in [2.05, 4.69) is 15.5 Å². The average Bonchev–Trinajstić information content (AvgIpc) is 3.52. The van der Waals surface area contributed by atoms with E-state index in [0.717, 1.165) is 11.1 Å². The number of nitrogens with one attached hydrogen (secondary N) is 1. The number of carbonyl (C=O) groups is 2. The van der Waals surface area contributed by atoms with Gasteiger partial charge in [-0.1, -0.05) is 59.2 Å². The fraction of sp³-hybridized carbons (Fsp3) is 0.385. The van der Waals surface area contributed by atoms with Gasteiger partial charge in [0.15, 0.2) is 0 Å². The minimum Gasteiger partial charge on any atom is -0.378 e. The number of hydrogen-bond donors (Lipinski definition) is 1. The van der Waals surface area contributed by atoms with Crippen LogP contribution in [0.5, 0.6) is 0 Å². The second-order valence-corrected chi connectivity index (χ2v) is 9.45. The van der Waals surface area contributed by atoms with Crippen molar-refractivity contribution in [2.45, 2.75) is 31.2 Å². The van der Waals surface area contributed by atoms with E-state index >= 15 is 0 Å². The van der Waals surface area contributed by atoms with Crippen LogP contribution in [-0.2, 0) is 20.7 Å². The van der Waals surface area contributed by atoms with E-state index < -0.39 is 0 Å². The Labute approximate surface area is 208 Å². The summed E-state index contributed by atoms with van der Waals surface area (Å²) in [5.74, 6) is 0.402. The zero-order chi connectivity index (χ0) is 24.2. The van der Waals surface area contributed by atoms with Crippen LogP contribution in [0.15, 0.2) is 59.1 Å². The molecule has 1 saturated heterocycles. The minimum absolute atomic E-state index is 0.0905. The number of ether oxygens (including phenoxy) is 1. The summed E-state index contributed by atoms with van der Waals surface area (Å²) in [5.41, 5.74) is 1.68. The van der Waals surface area contributed by atoms with Gasteiger partial charge in [0.05, 0.1) is 25.6 Å². The van der Waals surface area contributed by atoms with Crippen LogP contribution in [0, 0.1) is 5.92 Å². The third-order valence-electron chi connectivity index (χ3n) is 6.63. The van der Waals surface area contributed by atoms with Gasteiger partial charge >= 0.3 is 0 Å². The molecule has 35 heavy (non-hydrogen) atoms. The van der Waals surface area contributed by atoms with Gasteiger partial charge < -0.3 is 19.5 Å². The number of hydrogen-bond acceptors (Lipinski definition) is 6. The topological polar surface area (TPSA) is 97.6 Å². The summed E-state index contributed by atoms with van der Waals surface area (Å²) >= 11 is 6.07. The highest BCUT2D eigenvalue weighted by atomic mass is 35.5. The van der Waals surface area contributed by atoms with E-state index in [1.54, 1.807) is 12.1 Å². The fourth-order valence-electron chi connectivity index (χ4n) is 4.89. The minimum atomic E-state index is -0.291. The van der Waals surface area contributed by atoms with Crippen LogP contribution in [0.4, 0.5) is 0 Å². The van der Waals surface area contributed by atoms with Crippen molar-refractivity contribution in [3.05, 3.63) is 71.1 Å². The molecular weight excluding hydrogens is 468 g/mol. The Balaban J connectivity index is 1.34. The molecule has 8 nitrogen and oxygen atoms in total. The number of benzene rings is 2. The number of halogens is 1. The van der Waals surface area contributed by atoms with Crippen LogP contribution in [0.2, 0.25) is 5.02 Å². The van der Waals surface area contributed by atoms with Gasteiger partial charge in [0, 0.05) is 35.6 Å². The second-order valence-electron chi connectivity index (χ2n) is 9.02. The highest BCUT2D eigenvalue weighted by Gasteiger charge is 2.43. The molecule has 3 aromatic rings. The summed E-state index contributed by atoms with van der Waals surface area (Å²) in [6.07, 6.45) is 1.25. The molecule has 2 aliphatic rings. The van der Waals surface area contributed by atoms with Crippen molar-refractivity contribution in [1.82, 2.24) is 20.4 Å². The predicted molar refractivity (Wildman–Crippen MR) is 130 cm³/mol. The molecule has 1 aromatic heterocycles. The maximum Gasteiger partial charge on any atom is 0.232 e. The Morgan fingerprint density at radius 2 is 1.86 bits per heavy atom. The molecule has 1 aliphatic heterocycles. The molecule has 2 aromatic carbocycles. The van der Waals surface area contributed by atoms with Gasteiger partial charge in [-0.2, -0.15) is 4.98 Å². The molecule has 1 aliphatic carbocycles. The molecule has 3 atom stereocenters. The number of nitrogens with zero attached hydrogens (tertiary/aromatic N) is 3. The molecule has 182 valence electrons. The Morgan fingerprint density at radius 3 is 2.63 bits per heavy atom. The molecule has 5 rings (SSSR count). The van der Waals surface area contributed by atoms with Gasteiger partial charge in [-0.05, 0) is 30.5 Å². The van der Waals surface area contributed by atoms with Crippen molar-refractivity contribution in [3.8, 4) is 11.4 Å². The second kappa shape index (κ2) is 10.6. The smallest absolute Gasteiger partial charge is 0.232 e. The highest BCUT2D eigenvalue weighted by Crippen LogP contribution is 2.39. The number of carbonyl (C=O) groups excluding carboxylic acids is 2. The monoisotopic (exact) mass is 494 g/mol. The first-order chi connectivity index (χ1) is 17.1. The van der Waals surface area contributed by atoms with Gasteiger partial charge in [-0.25, -0.2) is 0 Å². The molecule has 2 amide bonds. The van der Waals surface area contributed by atoms with Gasteiger partial charge in [0.25, 0.3) is 0 Å². The lowest BCUT2D eigenvalue weighted by Gasteiger charge is -2.29. The zero-order valence-electron chi connectivity index (χ0n) is 19.2. The Hall–Kier alpha value is -3.23. The molecule has 1 N–H and O–H groups in total. The predicted octanol–water partition coefficient (Wildman–Crippen LogP) is 3.47. The van der Waals surface area contributed by atoms with Crippen LogP contribution in [0.1, 0.15) is 30.2 Å². The first kappa shape index (κ1) is 23.5. The van der Waals surface area contributed by atoms with Crippen molar-refractivity contribution < 1.29 is 18.8 Å². The quantitative estimate of drug-likeness (QED) is 0.563. The van der Waals surface area contributed by atoms with E-state index in [4.69, 9.17) is 20.9 Å². The summed E-state index contributed by atoms with van der Waals surface area (Å²) in [4.78, 5) is 32.7. The van der Waals surface area contributed by atoms with Crippen LogP contribution >= 0.6 is 11.6 Å². The van der Waals surface area contributed by atoms with Crippen molar-refractivity contribution in [1.29, 1.82) is 0 Å². The molecule has 2 fully saturated rings. The molecule has 0 unspecified atom stereocenters. The molecule has 0 radical (unpaired) electrons. The lowest BCUT2D eigenvalue weighted by Crippen LogP contribution is -2.43. The van der Waals surface area contributed by atoms with E-state index in [1.807, 2.05) is 47.4 Å². The van der Waals surface area contributed by atoms with Crippen LogP contribution < -0.4 is 5.32 Å². The van der Waals surface area contributed by atoms with Crippen LogP contribution in [0.25, 0.3) is 11.4 Å². The van der Waals surface area contributed by atoms with E-state index in [9.17, 15) is 9.59 Å². The number of amides is 2. The summed E-state index contributed by atoms with van der Waals surface area (Å²) in [5, 5.41) is 7.87. The number of rotatable bonds is 6. The first-order valence-corrected chi connectivity index (χ1v) is 12.2. The Morgan fingerprint density at radius 1 is 1.06 bits per heavy atom. The fourth-order valence-corrected chi connectivity index (χ4v) is 5.11. The van der Waals surface area contributed by atoms with E-state index in [0.29, 0.717) is 55.9 Å². The van der Waals surface area contributed by atoms with Gasteiger partial charge in [-0.15, -0.1) is 0 Å². The maximum absolute atomic E-state index is 13.2. The molecule has 0 bridgehead atoms.